The van der Waals surface area contributed by atoms with E-state index in [0.29, 0.717) is 19.8 Å². The van der Waals surface area contributed by atoms with E-state index >= 15 is 0 Å². The lowest BCUT2D eigenvalue weighted by atomic mass is 10.2. The molecule has 2 rings (SSSR count). The van der Waals surface area contributed by atoms with E-state index in [1.165, 1.54) is 12.1 Å². The van der Waals surface area contributed by atoms with Crippen LogP contribution >= 0.6 is 11.6 Å². The average molecular weight is 273 g/mol. The third kappa shape index (κ3) is 3.41. The van der Waals surface area contributed by atoms with E-state index in [4.69, 9.17) is 16.3 Å². The Morgan fingerprint density at radius 3 is 3.11 bits per heavy atom. The first-order valence-corrected chi connectivity index (χ1v) is 6.09. The number of amides is 1. The van der Waals surface area contributed by atoms with Crippen LogP contribution in [-0.4, -0.2) is 38.3 Å². The maximum atomic E-state index is 13.5. The second-order valence-electron chi connectivity index (χ2n) is 4.06. The molecular weight excluding hydrogens is 259 g/mol. The lowest BCUT2D eigenvalue weighted by molar-refractivity contribution is 0.0734. The van der Waals surface area contributed by atoms with Gasteiger partial charge in [-0.1, -0.05) is 11.6 Å². The zero-order valence-corrected chi connectivity index (χ0v) is 10.5. The number of halogens is 2. The fourth-order valence-corrected chi connectivity index (χ4v) is 1.89. The van der Waals surface area contributed by atoms with Gasteiger partial charge in [0, 0.05) is 24.2 Å². The highest BCUT2D eigenvalue weighted by atomic mass is 35.5. The summed E-state index contributed by atoms with van der Waals surface area (Å²) in [6.07, 6.45) is 0. The van der Waals surface area contributed by atoms with Gasteiger partial charge in [0.1, 0.15) is 5.82 Å². The molecule has 1 atom stereocenters. The minimum Gasteiger partial charge on any atom is -0.378 e. The number of ether oxygens (including phenoxy) is 1. The van der Waals surface area contributed by atoms with Crippen LogP contribution in [0.15, 0.2) is 18.2 Å². The predicted octanol–water partition coefficient (Wildman–Crippen LogP) is 1.20. The second-order valence-corrected chi connectivity index (χ2v) is 4.50. The lowest BCUT2D eigenvalue weighted by Crippen LogP contribution is -2.48. The summed E-state index contributed by atoms with van der Waals surface area (Å²) in [7, 11) is 0. The number of carbonyl (C=O) groups is 1. The van der Waals surface area contributed by atoms with Crippen molar-refractivity contribution in [3.8, 4) is 0 Å². The Kier molecular flexibility index (Phi) is 4.52. The van der Waals surface area contributed by atoms with E-state index in [-0.39, 0.29) is 16.6 Å². The Labute approximate surface area is 109 Å². The largest absolute Gasteiger partial charge is 0.378 e. The fraction of sp³-hybridized carbons (Fsp3) is 0.417. The Morgan fingerprint density at radius 2 is 2.44 bits per heavy atom. The van der Waals surface area contributed by atoms with Crippen LogP contribution < -0.4 is 10.6 Å². The van der Waals surface area contributed by atoms with Crippen LogP contribution in [-0.2, 0) is 4.74 Å². The van der Waals surface area contributed by atoms with Crippen LogP contribution in [0.4, 0.5) is 4.39 Å². The van der Waals surface area contributed by atoms with Crippen molar-refractivity contribution in [3.63, 3.8) is 0 Å². The minimum atomic E-state index is -0.618. The number of hydrogen-bond donors (Lipinski definition) is 2. The van der Waals surface area contributed by atoms with Gasteiger partial charge in [-0.15, -0.1) is 0 Å². The highest BCUT2D eigenvalue weighted by Crippen LogP contribution is 2.14. The molecule has 1 amide bonds. The van der Waals surface area contributed by atoms with Gasteiger partial charge in [-0.05, 0) is 18.2 Å². The van der Waals surface area contributed by atoms with Gasteiger partial charge < -0.3 is 15.4 Å². The molecule has 0 saturated carbocycles. The Hall–Kier alpha value is -1.17. The summed E-state index contributed by atoms with van der Waals surface area (Å²) in [5.74, 6) is -1.07. The van der Waals surface area contributed by atoms with Crippen LogP contribution in [0.25, 0.3) is 0 Å². The van der Waals surface area contributed by atoms with Gasteiger partial charge in [0.2, 0.25) is 0 Å². The number of hydrogen-bond acceptors (Lipinski definition) is 3. The van der Waals surface area contributed by atoms with E-state index < -0.39 is 11.7 Å². The molecule has 1 aromatic carbocycles. The SMILES string of the molecule is O=C(NCC1COCCN1)c1ccc(Cl)cc1F. The fourth-order valence-electron chi connectivity index (χ4n) is 1.74. The Balaban J connectivity index is 1.90. The van der Waals surface area contributed by atoms with Gasteiger partial charge in [-0.3, -0.25) is 4.79 Å². The smallest absolute Gasteiger partial charge is 0.254 e. The summed E-state index contributed by atoms with van der Waals surface area (Å²) < 4.78 is 18.7. The molecule has 2 N–H and O–H groups in total. The van der Waals surface area contributed by atoms with Crippen LogP contribution in [0, 0.1) is 5.82 Å². The van der Waals surface area contributed by atoms with Crippen molar-refractivity contribution in [3.05, 3.63) is 34.6 Å². The number of morpholine rings is 1. The van der Waals surface area contributed by atoms with Crippen molar-refractivity contribution >= 4 is 17.5 Å². The average Bonchev–Trinajstić information content (AvgIpc) is 2.37. The molecule has 1 aromatic rings. The lowest BCUT2D eigenvalue weighted by Gasteiger charge is -2.23. The standard InChI is InChI=1S/C12H14ClFN2O2/c13-8-1-2-10(11(14)5-8)12(17)16-6-9-7-18-4-3-15-9/h1-2,5,9,15H,3-4,6-7H2,(H,16,17). The number of benzene rings is 1. The van der Waals surface area contributed by atoms with Gasteiger partial charge in [0.15, 0.2) is 0 Å². The van der Waals surface area contributed by atoms with Crippen LogP contribution in [0.1, 0.15) is 10.4 Å². The maximum Gasteiger partial charge on any atom is 0.254 e. The molecule has 1 unspecified atom stereocenters. The van der Waals surface area contributed by atoms with Crippen molar-refractivity contribution in [2.45, 2.75) is 6.04 Å². The van der Waals surface area contributed by atoms with Crippen LogP contribution in [0.5, 0.6) is 0 Å². The zero-order valence-electron chi connectivity index (χ0n) is 9.71. The molecule has 0 spiro atoms. The summed E-state index contributed by atoms with van der Waals surface area (Å²) in [6.45, 7) is 2.39. The highest BCUT2D eigenvalue weighted by molar-refractivity contribution is 6.30. The molecule has 1 aliphatic heterocycles. The molecule has 0 radical (unpaired) electrons. The quantitative estimate of drug-likeness (QED) is 0.869. The number of rotatable bonds is 3. The first-order chi connectivity index (χ1) is 8.66. The van der Waals surface area contributed by atoms with Crippen LogP contribution in [0.2, 0.25) is 5.02 Å². The van der Waals surface area contributed by atoms with E-state index in [1.807, 2.05) is 0 Å². The summed E-state index contributed by atoms with van der Waals surface area (Å²) in [5.41, 5.74) is -0.00359. The third-order valence-electron chi connectivity index (χ3n) is 2.68. The molecule has 1 saturated heterocycles. The van der Waals surface area contributed by atoms with Gasteiger partial charge in [-0.2, -0.15) is 0 Å². The minimum absolute atomic E-state index is 0.00359. The molecule has 4 nitrogen and oxygen atoms in total. The summed E-state index contributed by atoms with van der Waals surface area (Å²) in [6, 6.07) is 4.05. The van der Waals surface area contributed by atoms with E-state index in [0.717, 1.165) is 12.6 Å². The van der Waals surface area contributed by atoms with Crippen molar-refractivity contribution < 1.29 is 13.9 Å². The topological polar surface area (TPSA) is 50.4 Å². The molecule has 18 heavy (non-hydrogen) atoms. The number of nitrogens with one attached hydrogen (secondary N) is 2. The highest BCUT2D eigenvalue weighted by Gasteiger charge is 2.16. The van der Waals surface area contributed by atoms with Gasteiger partial charge in [-0.25, -0.2) is 4.39 Å². The first kappa shape index (κ1) is 13.3. The monoisotopic (exact) mass is 272 g/mol. The maximum absolute atomic E-state index is 13.5. The predicted molar refractivity (Wildman–Crippen MR) is 66.4 cm³/mol. The second kappa shape index (κ2) is 6.13. The van der Waals surface area contributed by atoms with Gasteiger partial charge in [0.05, 0.1) is 18.8 Å². The van der Waals surface area contributed by atoms with E-state index in [9.17, 15) is 9.18 Å². The van der Waals surface area contributed by atoms with Crippen molar-refractivity contribution in [2.75, 3.05) is 26.3 Å². The Bertz CT molecular complexity index is 436. The molecule has 6 heteroatoms. The molecule has 1 heterocycles. The van der Waals surface area contributed by atoms with Crippen LogP contribution in [0.3, 0.4) is 0 Å². The first-order valence-electron chi connectivity index (χ1n) is 5.71. The number of carbonyl (C=O) groups excluding carboxylic acids is 1. The summed E-state index contributed by atoms with van der Waals surface area (Å²) in [4.78, 5) is 11.8. The van der Waals surface area contributed by atoms with E-state index in [2.05, 4.69) is 10.6 Å². The molecule has 1 aliphatic rings. The zero-order chi connectivity index (χ0) is 13.0. The van der Waals surface area contributed by atoms with E-state index in [1.54, 1.807) is 0 Å². The summed E-state index contributed by atoms with van der Waals surface area (Å²) in [5, 5.41) is 6.13. The van der Waals surface area contributed by atoms with Crippen molar-refractivity contribution in [2.24, 2.45) is 0 Å². The van der Waals surface area contributed by atoms with Crippen molar-refractivity contribution in [1.29, 1.82) is 0 Å². The Morgan fingerprint density at radius 1 is 1.61 bits per heavy atom. The summed E-state index contributed by atoms with van der Waals surface area (Å²) >= 11 is 5.62. The van der Waals surface area contributed by atoms with Gasteiger partial charge in [0.25, 0.3) is 5.91 Å². The molecule has 0 bridgehead atoms. The molecule has 98 valence electrons. The van der Waals surface area contributed by atoms with Crippen molar-refractivity contribution in [1.82, 2.24) is 10.6 Å². The molecule has 1 fully saturated rings. The molecular formula is C12H14ClFN2O2. The third-order valence-corrected chi connectivity index (χ3v) is 2.92. The van der Waals surface area contributed by atoms with Gasteiger partial charge >= 0.3 is 0 Å². The molecule has 0 aliphatic carbocycles. The normalized spacial score (nSPS) is 19.6. The molecule has 0 aromatic heterocycles.